The Bertz CT molecular complexity index is 614. The van der Waals surface area contributed by atoms with Gasteiger partial charge in [-0.15, -0.1) is 0 Å². The second kappa shape index (κ2) is 4.68. The van der Waals surface area contributed by atoms with Gasteiger partial charge in [0.25, 0.3) is 0 Å². The maximum atomic E-state index is 10.6. The predicted octanol–water partition coefficient (Wildman–Crippen LogP) is 2.34. The number of carboxylic acid groups (broad SMARTS) is 1. The number of benzene rings is 1. The summed E-state index contributed by atoms with van der Waals surface area (Å²) < 4.78 is 16.4. The molecule has 98 valence electrons. The van der Waals surface area contributed by atoms with Crippen LogP contribution in [-0.2, 0) is 11.2 Å². The van der Waals surface area contributed by atoms with Crippen molar-refractivity contribution in [2.45, 2.75) is 6.42 Å². The Hall–Kier alpha value is -2.43. The number of hydrogen-bond acceptors (Lipinski definition) is 4. The first kappa shape index (κ1) is 11.6. The molecule has 0 spiro atoms. The van der Waals surface area contributed by atoms with Gasteiger partial charge in [-0.05, 0) is 30.3 Å². The third kappa shape index (κ3) is 2.40. The highest BCUT2D eigenvalue weighted by atomic mass is 16.6. The molecule has 1 aromatic carbocycles. The average Bonchev–Trinajstić information content (AvgIpc) is 2.86. The third-order valence-electron chi connectivity index (χ3n) is 2.81. The highest BCUT2D eigenvalue weighted by molar-refractivity contribution is 5.70. The number of aliphatic carboxylic acids is 1. The van der Waals surface area contributed by atoms with E-state index >= 15 is 0 Å². The Labute approximate surface area is 109 Å². The molecule has 0 aliphatic carbocycles. The molecule has 5 heteroatoms. The number of fused-ring (bicyclic) bond motifs is 1. The summed E-state index contributed by atoms with van der Waals surface area (Å²) in [5.41, 5.74) is 0.834. The van der Waals surface area contributed by atoms with Crippen molar-refractivity contribution in [3.8, 4) is 22.8 Å². The van der Waals surface area contributed by atoms with Crippen LogP contribution in [-0.4, -0.2) is 24.3 Å². The van der Waals surface area contributed by atoms with E-state index < -0.39 is 5.97 Å². The lowest BCUT2D eigenvalue weighted by atomic mass is 10.1. The van der Waals surface area contributed by atoms with Gasteiger partial charge in [-0.3, -0.25) is 4.79 Å². The van der Waals surface area contributed by atoms with E-state index in [1.165, 1.54) is 0 Å². The largest absolute Gasteiger partial charge is 0.486 e. The van der Waals surface area contributed by atoms with Crippen LogP contribution in [0.3, 0.4) is 0 Å². The Morgan fingerprint density at radius 2 is 1.89 bits per heavy atom. The second-order valence-electron chi connectivity index (χ2n) is 4.19. The summed E-state index contributed by atoms with van der Waals surface area (Å²) in [5, 5.41) is 8.71. The van der Waals surface area contributed by atoms with Crippen LogP contribution in [0, 0.1) is 0 Å². The van der Waals surface area contributed by atoms with Gasteiger partial charge in [0, 0.05) is 5.56 Å². The van der Waals surface area contributed by atoms with Gasteiger partial charge in [-0.2, -0.15) is 0 Å². The van der Waals surface area contributed by atoms with Crippen LogP contribution >= 0.6 is 0 Å². The van der Waals surface area contributed by atoms with E-state index in [-0.39, 0.29) is 6.42 Å². The quantitative estimate of drug-likeness (QED) is 0.917. The van der Waals surface area contributed by atoms with Gasteiger partial charge in [0.15, 0.2) is 11.5 Å². The lowest BCUT2D eigenvalue weighted by molar-refractivity contribution is -0.136. The summed E-state index contributed by atoms with van der Waals surface area (Å²) in [4.78, 5) is 10.6. The zero-order valence-corrected chi connectivity index (χ0v) is 10.1. The first-order valence-electron chi connectivity index (χ1n) is 5.93. The van der Waals surface area contributed by atoms with Crippen LogP contribution in [0.25, 0.3) is 11.3 Å². The van der Waals surface area contributed by atoms with Crippen molar-refractivity contribution < 1.29 is 23.8 Å². The highest BCUT2D eigenvalue weighted by Crippen LogP contribution is 2.35. The molecule has 0 fully saturated rings. The number of carbonyl (C=O) groups is 1. The van der Waals surface area contributed by atoms with Gasteiger partial charge in [-0.25, -0.2) is 0 Å². The standard InChI is InChI=1S/C14H12O5/c15-14(16)8-10-2-4-11(19-10)9-1-3-12-13(7-9)18-6-5-17-12/h1-4,7H,5-6,8H2,(H,15,16). The van der Waals surface area contributed by atoms with E-state index in [1.54, 1.807) is 12.1 Å². The number of rotatable bonds is 3. The van der Waals surface area contributed by atoms with Crippen molar-refractivity contribution in [2.75, 3.05) is 13.2 Å². The van der Waals surface area contributed by atoms with E-state index in [2.05, 4.69) is 0 Å². The first-order chi connectivity index (χ1) is 9.22. The van der Waals surface area contributed by atoms with E-state index in [1.807, 2.05) is 18.2 Å². The zero-order valence-electron chi connectivity index (χ0n) is 10.1. The Balaban J connectivity index is 1.89. The molecular formula is C14H12O5. The zero-order chi connectivity index (χ0) is 13.2. The SMILES string of the molecule is O=C(O)Cc1ccc(-c2ccc3c(c2)OCCO3)o1. The van der Waals surface area contributed by atoms with Crippen LogP contribution in [0.5, 0.6) is 11.5 Å². The lowest BCUT2D eigenvalue weighted by Crippen LogP contribution is -2.15. The molecule has 1 aliphatic rings. The summed E-state index contributed by atoms with van der Waals surface area (Å²) >= 11 is 0. The molecule has 0 amide bonds. The molecule has 5 nitrogen and oxygen atoms in total. The van der Waals surface area contributed by atoms with Gasteiger partial charge in [-0.1, -0.05) is 0 Å². The molecule has 1 aromatic heterocycles. The van der Waals surface area contributed by atoms with E-state index in [9.17, 15) is 4.79 Å². The molecule has 2 aromatic rings. The van der Waals surface area contributed by atoms with Gasteiger partial charge in [0.1, 0.15) is 31.2 Å². The molecule has 0 bridgehead atoms. The molecule has 2 heterocycles. The minimum absolute atomic E-state index is 0.120. The molecule has 0 atom stereocenters. The van der Waals surface area contributed by atoms with Gasteiger partial charge in [0.2, 0.25) is 0 Å². The Kier molecular flexibility index (Phi) is 2.87. The van der Waals surface area contributed by atoms with Crippen molar-refractivity contribution in [3.05, 3.63) is 36.1 Å². The maximum absolute atomic E-state index is 10.6. The molecule has 0 unspecified atom stereocenters. The van der Waals surface area contributed by atoms with Crippen LogP contribution in [0.4, 0.5) is 0 Å². The topological polar surface area (TPSA) is 68.9 Å². The van der Waals surface area contributed by atoms with E-state index in [0.29, 0.717) is 36.2 Å². The molecule has 3 rings (SSSR count). The number of hydrogen-bond donors (Lipinski definition) is 1. The van der Waals surface area contributed by atoms with Crippen LogP contribution in [0.15, 0.2) is 34.7 Å². The van der Waals surface area contributed by atoms with Crippen molar-refractivity contribution in [1.29, 1.82) is 0 Å². The first-order valence-corrected chi connectivity index (χ1v) is 5.93. The van der Waals surface area contributed by atoms with Gasteiger partial charge in [0.05, 0.1) is 0 Å². The smallest absolute Gasteiger partial charge is 0.311 e. The fourth-order valence-corrected chi connectivity index (χ4v) is 1.97. The fourth-order valence-electron chi connectivity index (χ4n) is 1.97. The van der Waals surface area contributed by atoms with Crippen molar-refractivity contribution in [3.63, 3.8) is 0 Å². The summed E-state index contributed by atoms with van der Waals surface area (Å²) in [6.45, 7) is 1.08. The average molecular weight is 260 g/mol. The Morgan fingerprint density at radius 1 is 1.11 bits per heavy atom. The van der Waals surface area contributed by atoms with E-state index in [4.69, 9.17) is 19.0 Å². The molecule has 1 N–H and O–H groups in total. The van der Waals surface area contributed by atoms with Crippen LogP contribution < -0.4 is 9.47 Å². The molecule has 19 heavy (non-hydrogen) atoms. The molecule has 0 saturated heterocycles. The molecular weight excluding hydrogens is 248 g/mol. The Morgan fingerprint density at radius 3 is 2.68 bits per heavy atom. The highest BCUT2D eigenvalue weighted by Gasteiger charge is 2.14. The maximum Gasteiger partial charge on any atom is 0.311 e. The minimum atomic E-state index is -0.914. The van der Waals surface area contributed by atoms with Crippen molar-refractivity contribution in [1.82, 2.24) is 0 Å². The summed E-state index contributed by atoms with van der Waals surface area (Å²) in [5.74, 6) is 1.53. The molecule has 0 radical (unpaired) electrons. The summed E-state index contributed by atoms with van der Waals surface area (Å²) in [6.07, 6.45) is -0.120. The third-order valence-corrected chi connectivity index (χ3v) is 2.81. The number of carboxylic acids is 1. The lowest BCUT2D eigenvalue weighted by Gasteiger charge is -2.18. The second-order valence-corrected chi connectivity index (χ2v) is 4.19. The molecule has 0 saturated carbocycles. The van der Waals surface area contributed by atoms with Gasteiger partial charge >= 0.3 is 5.97 Å². The molecule has 1 aliphatic heterocycles. The predicted molar refractivity (Wildman–Crippen MR) is 66.5 cm³/mol. The van der Waals surface area contributed by atoms with Crippen molar-refractivity contribution >= 4 is 5.97 Å². The van der Waals surface area contributed by atoms with Crippen LogP contribution in [0.2, 0.25) is 0 Å². The number of ether oxygens (including phenoxy) is 2. The number of furan rings is 1. The monoisotopic (exact) mass is 260 g/mol. The minimum Gasteiger partial charge on any atom is -0.486 e. The van der Waals surface area contributed by atoms with Crippen molar-refractivity contribution in [2.24, 2.45) is 0 Å². The summed E-state index contributed by atoms with van der Waals surface area (Å²) in [7, 11) is 0. The fraction of sp³-hybridized carbons (Fsp3) is 0.214. The van der Waals surface area contributed by atoms with E-state index in [0.717, 1.165) is 5.56 Å². The van der Waals surface area contributed by atoms with Gasteiger partial charge < -0.3 is 19.0 Å². The summed E-state index contributed by atoms with van der Waals surface area (Å²) in [6, 6.07) is 8.93. The van der Waals surface area contributed by atoms with Crippen LogP contribution in [0.1, 0.15) is 5.76 Å². The normalized spacial score (nSPS) is 13.3.